The summed E-state index contributed by atoms with van der Waals surface area (Å²) in [5, 5.41) is 12.7. The van der Waals surface area contributed by atoms with E-state index in [1.165, 1.54) is 48.7 Å². The van der Waals surface area contributed by atoms with Gasteiger partial charge in [0.2, 0.25) is 5.55 Å². The van der Waals surface area contributed by atoms with E-state index >= 15 is 0 Å². The Hall–Kier alpha value is -4.14. The van der Waals surface area contributed by atoms with Crippen LogP contribution in [0.15, 0.2) is 82.3 Å². The molecule has 1 amide bonds. The van der Waals surface area contributed by atoms with Gasteiger partial charge in [-0.25, -0.2) is 9.98 Å². The molecule has 0 atom stereocenters. The molecule has 0 radical (unpaired) electrons. The molecule has 6 nitrogen and oxygen atoms in total. The zero-order chi connectivity index (χ0) is 22.0. The summed E-state index contributed by atoms with van der Waals surface area (Å²) in [5.74, 6) is -0.524. The number of aromatic hydroxyl groups is 1. The normalized spacial score (nSPS) is 12.2. The summed E-state index contributed by atoms with van der Waals surface area (Å²) in [5.41, 5.74) is -1.68. The number of alkyl halides is 3. The fourth-order valence-electron chi connectivity index (χ4n) is 2.89. The summed E-state index contributed by atoms with van der Waals surface area (Å²) in [6.45, 7) is 0. The second-order valence-electron chi connectivity index (χ2n) is 6.48. The molecule has 0 aliphatic carbocycles. The Kier molecular flexibility index (Phi) is 5.16. The summed E-state index contributed by atoms with van der Waals surface area (Å²) < 4.78 is 45.8. The lowest BCUT2D eigenvalue weighted by atomic mass is 10.1. The van der Waals surface area contributed by atoms with Crippen molar-refractivity contribution in [1.82, 2.24) is 4.98 Å². The topological polar surface area (TPSA) is 87.7 Å². The van der Waals surface area contributed by atoms with Crippen LogP contribution in [0.4, 0.5) is 24.7 Å². The summed E-state index contributed by atoms with van der Waals surface area (Å²) in [6.07, 6.45) is -3.17. The van der Waals surface area contributed by atoms with Gasteiger partial charge in [-0.1, -0.05) is 18.2 Å². The van der Waals surface area contributed by atoms with Crippen molar-refractivity contribution < 1.29 is 27.5 Å². The van der Waals surface area contributed by atoms with E-state index in [0.29, 0.717) is 5.39 Å². The monoisotopic (exact) mass is 425 g/mol. The molecule has 2 N–H and O–H groups in total. The Morgan fingerprint density at radius 2 is 1.81 bits per heavy atom. The van der Waals surface area contributed by atoms with Gasteiger partial charge in [0.15, 0.2) is 0 Å². The molecule has 2 aromatic heterocycles. The number of carbonyl (C=O) groups is 1. The molecular weight excluding hydrogens is 411 g/mol. The van der Waals surface area contributed by atoms with Gasteiger partial charge < -0.3 is 14.8 Å². The smallest absolute Gasteiger partial charge is 0.418 e. The van der Waals surface area contributed by atoms with Crippen LogP contribution in [0.5, 0.6) is 5.75 Å². The van der Waals surface area contributed by atoms with E-state index in [9.17, 15) is 23.1 Å². The van der Waals surface area contributed by atoms with Crippen LogP contribution in [0.3, 0.4) is 0 Å². The molecule has 0 fully saturated rings. The van der Waals surface area contributed by atoms with Crippen LogP contribution in [0.25, 0.3) is 11.0 Å². The largest absolute Gasteiger partial charge is 0.508 e. The number of halogens is 3. The average Bonchev–Trinajstić information content (AvgIpc) is 2.73. The first-order valence-corrected chi connectivity index (χ1v) is 9.01. The van der Waals surface area contributed by atoms with Crippen LogP contribution in [-0.4, -0.2) is 16.0 Å². The number of fused-ring (bicyclic) bond motifs is 1. The maximum atomic E-state index is 13.4. The number of carbonyl (C=O) groups excluding carboxylic acids is 1. The zero-order valence-electron chi connectivity index (χ0n) is 15.7. The van der Waals surface area contributed by atoms with E-state index in [4.69, 9.17) is 4.42 Å². The van der Waals surface area contributed by atoms with Crippen LogP contribution >= 0.6 is 0 Å². The molecule has 2 aromatic carbocycles. The lowest BCUT2D eigenvalue weighted by molar-refractivity contribution is -0.137. The van der Waals surface area contributed by atoms with E-state index in [1.54, 1.807) is 18.2 Å². The van der Waals surface area contributed by atoms with Gasteiger partial charge in [-0.2, -0.15) is 13.2 Å². The first kappa shape index (κ1) is 20.1. The number of anilines is 1. The number of amides is 1. The van der Waals surface area contributed by atoms with Crippen molar-refractivity contribution in [2.45, 2.75) is 6.18 Å². The number of nitrogens with zero attached hydrogens (tertiary/aromatic N) is 2. The Balaban J connectivity index is 1.92. The number of hydrogen-bond acceptors (Lipinski definition) is 5. The standard InChI is InChI=1S/C22H14F3N3O3/c23-22(24,25)16-5-1-2-6-17(16)27-21-15(20(30)28-19-7-3-4-10-26-19)11-13-8-9-14(29)12-18(13)31-21/h1-12,29H,(H,26,28,30). The highest BCUT2D eigenvalue weighted by molar-refractivity contribution is 6.05. The van der Waals surface area contributed by atoms with Gasteiger partial charge in [0, 0.05) is 17.6 Å². The number of benzene rings is 2. The van der Waals surface area contributed by atoms with Gasteiger partial charge >= 0.3 is 6.18 Å². The number of para-hydroxylation sites is 1. The van der Waals surface area contributed by atoms with Crippen LogP contribution in [0.1, 0.15) is 15.9 Å². The number of phenols is 1. The molecule has 0 saturated carbocycles. The van der Waals surface area contributed by atoms with E-state index in [2.05, 4.69) is 15.3 Å². The van der Waals surface area contributed by atoms with Crippen molar-refractivity contribution in [2.75, 3.05) is 5.32 Å². The highest BCUT2D eigenvalue weighted by Gasteiger charge is 2.33. The molecule has 0 aliphatic heterocycles. The van der Waals surface area contributed by atoms with Gasteiger partial charge in [-0.15, -0.1) is 0 Å². The lowest BCUT2D eigenvalue weighted by Crippen LogP contribution is -2.22. The molecule has 0 saturated heterocycles. The molecule has 0 aliphatic rings. The molecule has 0 bridgehead atoms. The number of pyridine rings is 1. The Morgan fingerprint density at radius 1 is 1.03 bits per heavy atom. The van der Waals surface area contributed by atoms with E-state index < -0.39 is 23.3 Å². The van der Waals surface area contributed by atoms with Crippen LogP contribution in [0, 0.1) is 0 Å². The predicted octanol–water partition coefficient (Wildman–Crippen LogP) is 5.04. The molecule has 4 aromatic rings. The summed E-state index contributed by atoms with van der Waals surface area (Å²) in [7, 11) is 0. The summed E-state index contributed by atoms with van der Waals surface area (Å²) in [4.78, 5) is 20.9. The Bertz CT molecular complexity index is 1330. The zero-order valence-corrected chi connectivity index (χ0v) is 15.7. The maximum Gasteiger partial charge on any atom is 0.418 e. The highest BCUT2D eigenvalue weighted by Crippen LogP contribution is 2.35. The Labute approximate surface area is 173 Å². The molecule has 156 valence electrons. The minimum absolute atomic E-state index is 0.0965. The van der Waals surface area contributed by atoms with Crippen molar-refractivity contribution in [3.8, 4) is 5.75 Å². The summed E-state index contributed by atoms with van der Waals surface area (Å²) >= 11 is 0. The molecular formula is C22H14F3N3O3. The molecule has 4 rings (SSSR count). The van der Waals surface area contributed by atoms with Gasteiger partial charge in [-0.3, -0.25) is 4.79 Å². The molecule has 0 spiro atoms. The second-order valence-corrected chi connectivity index (χ2v) is 6.48. The first-order valence-electron chi connectivity index (χ1n) is 9.01. The number of phenolic OH excluding ortho intramolecular Hbond substituents is 1. The number of aromatic nitrogens is 1. The van der Waals surface area contributed by atoms with E-state index in [1.807, 2.05) is 0 Å². The van der Waals surface area contributed by atoms with Crippen LogP contribution in [-0.2, 0) is 6.18 Å². The SMILES string of the molecule is O=C(Nc1ccccn1)c1cc2ccc(O)cc2oc1=Nc1ccccc1C(F)(F)F. The minimum atomic E-state index is -4.65. The predicted molar refractivity (Wildman–Crippen MR) is 107 cm³/mol. The van der Waals surface area contributed by atoms with Gasteiger partial charge in [0.25, 0.3) is 5.91 Å². The average molecular weight is 425 g/mol. The van der Waals surface area contributed by atoms with Crippen molar-refractivity contribution >= 4 is 28.4 Å². The van der Waals surface area contributed by atoms with Crippen molar-refractivity contribution in [3.63, 3.8) is 0 Å². The number of rotatable bonds is 3. The third-order valence-corrected chi connectivity index (χ3v) is 4.32. The third kappa shape index (κ3) is 4.40. The van der Waals surface area contributed by atoms with Crippen LogP contribution < -0.4 is 10.9 Å². The van der Waals surface area contributed by atoms with E-state index in [0.717, 1.165) is 6.07 Å². The van der Waals surface area contributed by atoms with E-state index in [-0.39, 0.29) is 28.3 Å². The number of hydrogen-bond donors (Lipinski definition) is 2. The first-order chi connectivity index (χ1) is 14.8. The quantitative estimate of drug-likeness (QED) is 0.482. The molecule has 31 heavy (non-hydrogen) atoms. The molecule has 0 unspecified atom stereocenters. The second kappa shape index (κ2) is 7.94. The van der Waals surface area contributed by atoms with Crippen molar-refractivity contribution in [2.24, 2.45) is 4.99 Å². The van der Waals surface area contributed by atoms with Crippen molar-refractivity contribution in [1.29, 1.82) is 0 Å². The number of nitrogens with one attached hydrogen (secondary N) is 1. The van der Waals surface area contributed by atoms with Crippen molar-refractivity contribution in [3.05, 3.63) is 89.6 Å². The fraction of sp³-hybridized carbons (Fsp3) is 0.0455. The highest BCUT2D eigenvalue weighted by atomic mass is 19.4. The third-order valence-electron chi connectivity index (χ3n) is 4.32. The van der Waals surface area contributed by atoms with Gasteiger partial charge in [0.05, 0.1) is 11.3 Å². The molecule has 2 heterocycles. The fourth-order valence-corrected chi connectivity index (χ4v) is 2.89. The lowest BCUT2D eigenvalue weighted by Gasteiger charge is -2.10. The maximum absolute atomic E-state index is 13.4. The molecule has 9 heteroatoms. The summed E-state index contributed by atoms with van der Waals surface area (Å²) in [6, 6.07) is 15.2. The van der Waals surface area contributed by atoms with Gasteiger partial charge in [-0.05, 0) is 42.5 Å². The van der Waals surface area contributed by atoms with Crippen LogP contribution in [0.2, 0.25) is 0 Å². The van der Waals surface area contributed by atoms with Gasteiger partial charge in [0.1, 0.15) is 22.7 Å². The Morgan fingerprint density at radius 3 is 2.55 bits per heavy atom. The minimum Gasteiger partial charge on any atom is -0.508 e.